The Morgan fingerprint density at radius 2 is 1.71 bits per heavy atom. The van der Waals surface area contributed by atoms with Crippen LogP contribution in [0.4, 0.5) is 0 Å². The lowest BCUT2D eigenvalue weighted by Gasteiger charge is -2.19. The summed E-state index contributed by atoms with van der Waals surface area (Å²) in [4.78, 5) is 0. The Labute approximate surface area is 135 Å². The molecule has 0 heterocycles. The first-order chi connectivity index (χ1) is 10.2. The number of nitrogens with one attached hydrogen (secondary N) is 1. The maximum Gasteiger partial charge on any atom is 0.122 e. The molecular formula is C16H18Cl2N2O. The SMILES string of the molecule is COc1ccccc1CC(Cc1c(Cl)cccc1Cl)NN. The molecule has 5 heteroatoms. The first-order valence-electron chi connectivity index (χ1n) is 6.66. The van der Waals surface area contributed by atoms with Gasteiger partial charge in [0.25, 0.3) is 0 Å². The number of nitrogens with two attached hydrogens (primary N) is 1. The molecule has 0 saturated heterocycles. The number of benzene rings is 2. The molecule has 1 atom stereocenters. The molecule has 2 rings (SSSR count). The minimum atomic E-state index is 0.0127. The van der Waals surface area contributed by atoms with E-state index in [0.29, 0.717) is 16.5 Å². The highest BCUT2D eigenvalue weighted by Crippen LogP contribution is 2.27. The predicted molar refractivity (Wildman–Crippen MR) is 88.0 cm³/mol. The van der Waals surface area contributed by atoms with Gasteiger partial charge in [0, 0.05) is 16.1 Å². The molecule has 1 unspecified atom stereocenters. The van der Waals surface area contributed by atoms with Gasteiger partial charge in [0.15, 0.2) is 0 Å². The van der Waals surface area contributed by atoms with E-state index in [1.54, 1.807) is 7.11 Å². The number of methoxy groups -OCH3 is 1. The van der Waals surface area contributed by atoms with Crippen LogP contribution in [-0.4, -0.2) is 13.2 Å². The van der Waals surface area contributed by atoms with Crippen molar-refractivity contribution in [2.24, 2.45) is 5.84 Å². The Morgan fingerprint density at radius 1 is 1.05 bits per heavy atom. The van der Waals surface area contributed by atoms with Gasteiger partial charge in [-0.15, -0.1) is 0 Å². The Bertz CT molecular complexity index is 584. The lowest BCUT2D eigenvalue weighted by Crippen LogP contribution is -2.38. The standard InChI is InChI=1S/C16H18Cl2N2O/c1-21-16-8-3-2-5-11(16)9-12(20-19)10-13-14(17)6-4-7-15(13)18/h2-8,12,20H,9-10,19H2,1H3. The molecular weight excluding hydrogens is 307 g/mol. The van der Waals surface area contributed by atoms with E-state index in [-0.39, 0.29) is 6.04 Å². The van der Waals surface area contributed by atoms with Gasteiger partial charge < -0.3 is 4.74 Å². The summed E-state index contributed by atoms with van der Waals surface area (Å²) in [7, 11) is 1.66. The van der Waals surface area contributed by atoms with Crippen LogP contribution in [0.2, 0.25) is 10.0 Å². The Kier molecular flexibility index (Phi) is 5.88. The Hall–Kier alpha value is -1.26. The fourth-order valence-corrected chi connectivity index (χ4v) is 2.85. The molecule has 2 aromatic carbocycles. The maximum atomic E-state index is 6.21. The van der Waals surface area contributed by atoms with E-state index in [1.807, 2.05) is 42.5 Å². The summed E-state index contributed by atoms with van der Waals surface area (Å²) in [5, 5.41) is 1.31. The number of hydrazine groups is 1. The van der Waals surface area contributed by atoms with Crippen LogP contribution in [0, 0.1) is 0 Å². The molecule has 112 valence electrons. The summed E-state index contributed by atoms with van der Waals surface area (Å²) in [6.07, 6.45) is 1.37. The maximum absolute atomic E-state index is 6.21. The van der Waals surface area contributed by atoms with Crippen LogP contribution in [0.3, 0.4) is 0 Å². The lowest BCUT2D eigenvalue weighted by molar-refractivity contribution is 0.404. The molecule has 0 aliphatic heterocycles. The van der Waals surface area contributed by atoms with Gasteiger partial charge in [0.2, 0.25) is 0 Å². The summed E-state index contributed by atoms with van der Waals surface area (Å²) in [5.41, 5.74) is 4.82. The van der Waals surface area contributed by atoms with Crippen molar-refractivity contribution in [3.8, 4) is 5.75 Å². The van der Waals surface area contributed by atoms with Crippen LogP contribution in [0.5, 0.6) is 5.75 Å². The largest absolute Gasteiger partial charge is 0.496 e. The third-order valence-electron chi connectivity index (χ3n) is 3.41. The van der Waals surface area contributed by atoms with Crippen LogP contribution in [0.25, 0.3) is 0 Å². The molecule has 0 bridgehead atoms. The van der Waals surface area contributed by atoms with E-state index < -0.39 is 0 Å². The molecule has 3 nitrogen and oxygen atoms in total. The van der Waals surface area contributed by atoms with Gasteiger partial charge in [-0.05, 0) is 42.2 Å². The zero-order valence-electron chi connectivity index (χ0n) is 11.8. The smallest absolute Gasteiger partial charge is 0.122 e. The lowest BCUT2D eigenvalue weighted by atomic mass is 9.99. The zero-order valence-corrected chi connectivity index (χ0v) is 13.3. The third-order valence-corrected chi connectivity index (χ3v) is 4.11. The van der Waals surface area contributed by atoms with E-state index in [2.05, 4.69) is 5.43 Å². The predicted octanol–water partition coefficient (Wildman–Crippen LogP) is 3.62. The summed E-state index contributed by atoms with van der Waals surface area (Å²) in [6, 6.07) is 13.4. The molecule has 0 fully saturated rings. The highest BCUT2D eigenvalue weighted by Gasteiger charge is 2.15. The van der Waals surface area contributed by atoms with Crippen LogP contribution >= 0.6 is 23.2 Å². The molecule has 2 aromatic rings. The fraction of sp³-hybridized carbons (Fsp3) is 0.250. The molecule has 21 heavy (non-hydrogen) atoms. The highest BCUT2D eigenvalue weighted by atomic mass is 35.5. The first kappa shape index (κ1) is 16.1. The molecule has 0 saturated carbocycles. The quantitative estimate of drug-likeness (QED) is 0.630. The number of rotatable bonds is 6. The van der Waals surface area contributed by atoms with E-state index in [4.69, 9.17) is 33.8 Å². The van der Waals surface area contributed by atoms with Gasteiger partial charge in [-0.2, -0.15) is 0 Å². The topological polar surface area (TPSA) is 47.3 Å². The van der Waals surface area contributed by atoms with E-state index in [0.717, 1.165) is 23.3 Å². The van der Waals surface area contributed by atoms with Crippen LogP contribution in [-0.2, 0) is 12.8 Å². The fourth-order valence-electron chi connectivity index (χ4n) is 2.30. The summed E-state index contributed by atoms with van der Waals surface area (Å²) in [5.74, 6) is 6.53. The summed E-state index contributed by atoms with van der Waals surface area (Å²) < 4.78 is 5.37. The molecule has 0 aromatic heterocycles. The molecule has 0 radical (unpaired) electrons. The van der Waals surface area contributed by atoms with Crippen LogP contribution < -0.4 is 16.0 Å². The average Bonchev–Trinajstić information content (AvgIpc) is 2.50. The molecule has 3 N–H and O–H groups in total. The number of para-hydroxylation sites is 1. The van der Waals surface area contributed by atoms with Crippen LogP contribution in [0.1, 0.15) is 11.1 Å². The van der Waals surface area contributed by atoms with Gasteiger partial charge in [-0.1, -0.05) is 47.5 Å². The van der Waals surface area contributed by atoms with Crippen molar-refractivity contribution in [1.82, 2.24) is 5.43 Å². The Morgan fingerprint density at radius 3 is 2.33 bits per heavy atom. The van der Waals surface area contributed by atoms with Crippen molar-refractivity contribution < 1.29 is 4.74 Å². The van der Waals surface area contributed by atoms with E-state index in [9.17, 15) is 0 Å². The van der Waals surface area contributed by atoms with Crippen molar-refractivity contribution >= 4 is 23.2 Å². The van der Waals surface area contributed by atoms with Gasteiger partial charge in [-0.25, -0.2) is 0 Å². The summed E-state index contributed by atoms with van der Waals surface area (Å²) in [6.45, 7) is 0. The molecule has 0 amide bonds. The Balaban J connectivity index is 2.17. The molecule has 0 aliphatic rings. The van der Waals surface area contributed by atoms with E-state index in [1.165, 1.54) is 0 Å². The first-order valence-corrected chi connectivity index (χ1v) is 7.42. The van der Waals surface area contributed by atoms with Crippen molar-refractivity contribution in [2.75, 3.05) is 7.11 Å². The average molecular weight is 325 g/mol. The second-order valence-electron chi connectivity index (χ2n) is 4.78. The zero-order chi connectivity index (χ0) is 15.2. The summed E-state index contributed by atoms with van der Waals surface area (Å²) >= 11 is 12.4. The van der Waals surface area contributed by atoms with Gasteiger partial charge in [0.05, 0.1) is 7.11 Å². The van der Waals surface area contributed by atoms with Crippen molar-refractivity contribution in [2.45, 2.75) is 18.9 Å². The van der Waals surface area contributed by atoms with Gasteiger partial charge >= 0.3 is 0 Å². The van der Waals surface area contributed by atoms with Crippen molar-refractivity contribution in [3.05, 3.63) is 63.6 Å². The van der Waals surface area contributed by atoms with Gasteiger partial charge in [0.1, 0.15) is 5.75 Å². The highest BCUT2D eigenvalue weighted by molar-refractivity contribution is 6.36. The van der Waals surface area contributed by atoms with Gasteiger partial charge in [-0.3, -0.25) is 11.3 Å². The normalized spacial score (nSPS) is 12.2. The number of halogens is 2. The molecule has 0 aliphatic carbocycles. The second-order valence-corrected chi connectivity index (χ2v) is 5.60. The monoisotopic (exact) mass is 324 g/mol. The van der Waals surface area contributed by atoms with Crippen molar-refractivity contribution in [1.29, 1.82) is 0 Å². The van der Waals surface area contributed by atoms with E-state index >= 15 is 0 Å². The number of hydrogen-bond donors (Lipinski definition) is 2. The minimum Gasteiger partial charge on any atom is -0.496 e. The second kappa shape index (κ2) is 7.66. The third kappa shape index (κ3) is 4.11. The number of ether oxygens (including phenoxy) is 1. The molecule has 0 spiro atoms. The van der Waals surface area contributed by atoms with Crippen LogP contribution in [0.15, 0.2) is 42.5 Å². The number of hydrogen-bond acceptors (Lipinski definition) is 3. The van der Waals surface area contributed by atoms with Crippen molar-refractivity contribution in [3.63, 3.8) is 0 Å². The minimum absolute atomic E-state index is 0.0127.